The molecule has 1 aromatic heterocycles. The number of carbonyl (C=O) groups is 1. The number of nitrogens with two attached hydrogens (primary N) is 1. The van der Waals surface area contributed by atoms with E-state index in [9.17, 15) is 18.0 Å². The smallest absolute Gasteiger partial charge is 0.249 e. The first-order chi connectivity index (χ1) is 13.9. The van der Waals surface area contributed by atoms with E-state index in [2.05, 4.69) is 13.0 Å². The Kier molecular flexibility index (Phi) is 4.78. The molecular weight excluding hydrogens is 377 g/mol. The van der Waals surface area contributed by atoms with E-state index < -0.39 is 23.4 Å². The van der Waals surface area contributed by atoms with E-state index in [1.165, 1.54) is 0 Å². The topological polar surface area (TPSA) is 48.0 Å². The molecule has 1 amide bonds. The number of aromatic nitrogens is 1. The largest absolute Gasteiger partial charge is 0.366 e. The quantitative estimate of drug-likeness (QED) is 0.469. The average Bonchev–Trinajstić information content (AvgIpc) is 2.99. The molecule has 1 heterocycles. The molecule has 0 atom stereocenters. The molecule has 4 aromatic rings. The van der Waals surface area contributed by atoms with Crippen LogP contribution in [0.3, 0.4) is 0 Å². The van der Waals surface area contributed by atoms with Crippen molar-refractivity contribution in [3.63, 3.8) is 0 Å². The van der Waals surface area contributed by atoms with Gasteiger partial charge in [0.1, 0.15) is 5.82 Å². The van der Waals surface area contributed by atoms with Crippen LogP contribution in [-0.2, 0) is 13.0 Å². The van der Waals surface area contributed by atoms with E-state index in [1.807, 2.05) is 12.1 Å². The van der Waals surface area contributed by atoms with E-state index in [0.29, 0.717) is 33.4 Å². The van der Waals surface area contributed by atoms with E-state index in [1.54, 1.807) is 22.8 Å². The summed E-state index contributed by atoms with van der Waals surface area (Å²) in [5, 5.41) is 1.25. The number of hydrogen-bond acceptors (Lipinski definition) is 1. The number of nitrogens with zero attached hydrogens (tertiary/aromatic N) is 1. The zero-order valence-corrected chi connectivity index (χ0v) is 15.7. The van der Waals surface area contributed by atoms with Gasteiger partial charge in [0.15, 0.2) is 11.6 Å². The lowest BCUT2D eigenvalue weighted by molar-refractivity contribution is 0.100. The standard InChI is InChI=1S/C23H18F3N2O/c1-2-4-13-7-8-16-20(9-13)28(12-14-10-15(24)11-18(25)22(14)26)19-6-3-5-17(21(16)19)23(27)29/h3,5-7,9-11H,2,4,12H2,1H3,(H2,27,29). The van der Waals surface area contributed by atoms with Gasteiger partial charge in [-0.15, -0.1) is 0 Å². The molecule has 0 saturated carbocycles. The molecule has 0 aliphatic carbocycles. The molecule has 147 valence electrons. The van der Waals surface area contributed by atoms with Crippen molar-refractivity contribution in [1.29, 1.82) is 0 Å². The Hall–Kier alpha value is -3.28. The summed E-state index contributed by atoms with van der Waals surface area (Å²) in [7, 11) is 0. The van der Waals surface area contributed by atoms with E-state index >= 15 is 0 Å². The summed E-state index contributed by atoms with van der Waals surface area (Å²) in [5.41, 5.74) is 8.09. The van der Waals surface area contributed by atoms with Crippen molar-refractivity contribution in [3.8, 4) is 0 Å². The molecule has 29 heavy (non-hydrogen) atoms. The number of carbonyl (C=O) groups excluding carboxylic acids is 1. The maximum atomic E-state index is 14.3. The van der Waals surface area contributed by atoms with E-state index in [0.717, 1.165) is 24.5 Å². The van der Waals surface area contributed by atoms with Gasteiger partial charge in [0, 0.05) is 28.0 Å². The first-order valence-corrected chi connectivity index (χ1v) is 9.29. The lowest BCUT2D eigenvalue weighted by Gasteiger charge is -2.10. The second kappa shape index (κ2) is 7.28. The Morgan fingerprint density at radius 1 is 1.14 bits per heavy atom. The van der Waals surface area contributed by atoms with Crippen LogP contribution in [0.4, 0.5) is 13.2 Å². The second-order valence-electron chi connectivity index (χ2n) is 7.03. The van der Waals surface area contributed by atoms with Crippen LogP contribution >= 0.6 is 0 Å². The fourth-order valence-corrected chi connectivity index (χ4v) is 3.80. The number of rotatable bonds is 5. The van der Waals surface area contributed by atoms with Crippen molar-refractivity contribution in [2.75, 3.05) is 0 Å². The van der Waals surface area contributed by atoms with Crippen molar-refractivity contribution in [2.24, 2.45) is 5.73 Å². The normalized spacial score (nSPS) is 11.4. The molecule has 0 aliphatic rings. The Balaban J connectivity index is 2.04. The molecule has 0 spiro atoms. The van der Waals surface area contributed by atoms with Crippen LogP contribution in [0.2, 0.25) is 0 Å². The minimum absolute atomic E-state index is 0.105. The Labute approximate surface area is 165 Å². The zero-order valence-electron chi connectivity index (χ0n) is 15.7. The summed E-state index contributed by atoms with van der Waals surface area (Å²) < 4.78 is 43.5. The molecule has 3 nitrogen and oxygen atoms in total. The van der Waals surface area contributed by atoms with Gasteiger partial charge in [-0.25, -0.2) is 13.2 Å². The lowest BCUT2D eigenvalue weighted by Crippen LogP contribution is -2.11. The van der Waals surface area contributed by atoms with Gasteiger partial charge in [-0.2, -0.15) is 0 Å². The summed E-state index contributed by atoms with van der Waals surface area (Å²) in [4.78, 5) is 12.0. The lowest BCUT2D eigenvalue weighted by atomic mass is 10.0. The number of halogens is 3. The molecule has 4 rings (SSSR count). The predicted molar refractivity (Wildman–Crippen MR) is 106 cm³/mol. The Bertz CT molecular complexity index is 1260. The molecule has 0 bridgehead atoms. The summed E-state index contributed by atoms with van der Waals surface area (Å²) in [5.74, 6) is -3.78. The Morgan fingerprint density at radius 3 is 2.66 bits per heavy atom. The van der Waals surface area contributed by atoms with E-state index in [4.69, 9.17) is 5.73 Å². The van der Waals surface area contributed by atoms with Gasteiger partial charge < -0.3 is 10.3 Å². The zero-order chi connectivity index (χ0) is 20.7. The first-order valence-electron chi connectivity index (χ1n) is 9.29. The summed E-state index contributed by atoms with van der Waals surface area (Å²) >= 11 is 0. The second-order valence-corrected chi connectivity index (χ2v) is 7.03. The molecule has 6 heteroatoms. The maximum Gasteiger partial charge on any atom is 0.249 e. The highest BCUT2D eigenvalue weighted by Crippen LogP contribution is 2.33. The van der Waals surface area contributed by atoms with Crippen molar-refractivity contribution in [2.45, 2.75) is 26.3 Å². The number of benzene rings is 3. The summed E-state index contributed by atoms with van der Waals surface area (Å²) in [6.07, 6.45) is 1.75. The number of fused-ring (bicyclic) bond motifs is 3. The van der Waals surface area contributed by atoms with Crippen LogP contribution < -0.4 is 5.73 Å². The third kappa shape index (κ3) is 3.24. The van der Waals surface area contributed by atoms with Crippen molar-refractivity contribution < 1.29 is 18.0 Å². The van der Waals surface area contributed by atoms with Gasteiger partial charge in [0.05, 0.1) is 17.6 Å². The number of hydrogen-bond donors (Lipinski definition) is 1. The molecule has 1 radical (unpaired) electrons. The fourth-order valence-electron chi connectivity index (χ4n) is 3.80. The van der Waals surface area contributed by atoms with Gasteiger partial charge in [-0.1, -0.05) is 25.5 Å². The van der Waals surface area contributed by atoms with Gasteiger partial charge in [-0.3, -0.25) is 4.79 Å². The highest BCUT2D eigenvalue weighted by atomic mass is 19.2. The number of primary amides is 1. The first kappa shape index (κ1) is 19.1. The predicted octanol–water partition coefficient (Wildman–Crippen LogP) is 5.11. The van der Waals surface area contributed by atoms with Crippen LogP contribution in [0.5, 0.6) is 0 Å². The number of aryl methyl sites for hydroxylation is 1. The minimum Gasteiger partial charge on any atom is -0.366 e. The van der Waals surface area contributed by atoms with Gasteiger partial charge in [-0.05, 0) is 42.3 Å². The Morgan fingerprint density at radius 2 is 1.93 bits per heavy atom. The SMILES string of the molecule is CCCc1c[c]c2c3c(C(N)=O)cccc3n(Cc3cc(F)cc(F)c3F)c2c1. The third-order valence-corrected chi connectivity index (χ3v) is 5.06. The van der Waals surface area contributed by atoms with Crippen LogP contribution in [0.1, 0.15) is 34.8 Å². The van der Waals surface area contributed by atoms with Gasteiger partial charge in [0.2, 0.25) is 5.91 Å². The molecular formula is C23H18F3N2O. The van der Waals surface area contributed by atoms with Gasteiger partial charge >= 0.3 is 0 Å². The monoisotopic (exact) mass is 395 g/mol. The minimum atomic E-state index is -1.24. The van der Waals surface area contributed by atoms with Crippen LogP contribution in [0.25, 0.3) is 21.8 Å². The average molecular weight is 395 g/mol. The van der Waals surface area contributed by atoms with Crippen LogP contribution in [0.15, 0.2) is 42.5 Å². The maximum absolute atomic E-state index is 14.3. The van der Waals surface area contributed by atoms with Crippen LogP contribution in [0, 0.1) is 23.5 Å². The van der Waals surface area contributed by atoms with Crippen LogP contribution in [-0.4, -0.2) is 10.5 Å². The molecule has 0 saturated heterocycles. The molecule has 0 fully saturated rings. The fraction of sp³-hybridized carbons (Fsp3) is 0.174. The highest BCUT2D eigenvalue weighted by Gasteiger charge is 2.19. The van der Waals surface area contributed by atoms with Gasteiger partial charge in [0.25, 0.3) is 0 Å². The molecule has 0 aliphatic heterocycles. The summed E-state index contributed by atoms with van der Waals surface area (Å²) in [6.45, 7) is 1.95. The van der Waals surface area contributed by atoms with Crippen molar-refractivity contribution in [3.05, 3.63) is 82.7 Å². The molecule has 2 N–H and O–H groups in total. The third-order valence-electron chi connectivity index (χ3n) is 5.06. The molecule has 0 unspecified atom stereocenters. The number of amides is 1. The van der Waals surface area contributed by atoms with Crippen molar-refractivity contribution in [1.82, 2.24) is 4.57 Å². The van der Waals surface area contributed by atoms with Crippen molar-refractivity contribution >= 4 is 27.7 Å². The van der Waals surface area contributed by atoms with E-state index in [-0.39, 0.29) is 12.1 Å². The summed E-state index contributed by atoms with van der Waals surface area (Å²) in [6, 6.07) is 13.6. The highest BCUT2D eigenvalue weighted by molar-refractivity contribution is 6.17. The molecule has 3 aromatic carbocycles.